The number of carbonyl (C=O) groups is 1. The molecule has 118 valence electrons. The first kappa shape index (κ1) is 15.0. The maximum absolute atomic E-state index is 12.6. The molecular formula is C17H24N4O. The van der Waals surface area contributed by atoms with Gasteiger partial charge in [-0.05, 0) is 31.9 Å². The lowest BCUT2D eigenvalue weighted by Crippen LogP contribution is -2.41. The van der Waals surface area contributed by atoms with E-state index in [1.54, 1.807) is 12.5 Å². The minimum atomic E-state index is 0.257. The van der Waals surface area contributed by atoms with Crippen molar-refractivity contribution in [1.29, 1.82) is 0 Å². The Morgan fingerprint density at radius 3 is 2.91 bits per heavy atom. The largest absolute Gasteiger partial charge is 0.340 e. The molecule has 0 aliphatic heterocycles. The predicted octanol–water partition coefficient (Wildman–Crippen LogP) is 3.00. The first-order valence-electron chi connectivity index (χ1n) is 8.35. The van der Waals surface area contributed by atoms with Gasteiger partial charge in [0, 0.05) is 31.7 Å². The van der Waals surface area contributed by atoms with Gasteiger partial charge in [0.1, 0.15) is 5.52 Å². The maximum Gasteiger partial charge on any atom is 0.224 e. The van der Waals surface area contributed by atoms with Gasteiger partial charge < -0.3 is 9.47 Å². The monoisotopic (exact) mass is 300 g/mol. The Morgan fingerprint density at radius 1 is 1.32 bits per heavy atom. The van der Waals surface area contributed by atoms with Gasteiger partial charge in [0.2, 0.25) is 5.91 Å². The van der Waals surface area contributed by atoms with Gasteiger partial charge in [-0.2, -0.15) is 0 Å². The van der Waals surface area contributed by atoms with Crippen LogP contribution in [0.1, 0.15) is 45.4 Å². The van der Waals surface area contributed by atoms with E-state index in [1.165, 1.54) is 19.3 Å². The molecule has 22 heavy (non-hydrogen) atoms. The topological polar surface area (TPSA) is 51.0 Å². The first-order chi connectivity index (χ1) is 10.8. The molecule has 0 aromatic carbocycles. The van der Waals surface area contributed by atoms with Crippen LogP contribution in [0.25, 0.3) is 11.2 Å². The van der Waals surface area contributed by atoms with E-state index in [4.69, 9.17) is 0 Å². The Balaban J connectivity index is 1.63. The quantitative estimate of drug-likeness (QED) is 0.853. The molecule has 0 N–H and O–H groups in total. The fourth-order valence-electron chi connectivity index (χ4n) is 3.45. The van der Waals surface area contributed by atoms with E-state index in [0.717, 1.165) is 30.6 Å². The van der Waals surface area contributed by atoms with Crippen LogP contribution in [-0.4, -0.2) is 37.9 Å². The lowest BCUT2D eigenvalue weighted by Gasteiger charge is -2.33. The van der Waals surface area contributed by atoms with Crippen LogP contribution in [0, 0.1) is 0 Å². The molecule has 1 aliphatic rings. The van der Waals surface area contributed by atoms with Crippen LogP contribution in [0.3, 0.4) is 0 Å². The molecular weight excluding hydrogens is 276 g/mol. The highest BCUT2D eigenvalue weighted by molar-refractivity contribution is 5.77. The van der Waals surface area contributed by atoms with E-state index in [2.05, 4.69) is 21.8 Å². The van der Waals surface area contributed by atoms with E-state index >= 15 is 0 Å². The number of nitrogens with zero attached hydrogens (tertiary/aromatic N) is 4. The highest BCUT2D eigenvalue weighted by atomic mass is 16.2. The number of rotatable bonds is 5. The van der Waals surface area contributed by atoms with Gasteiger partial charge >= 0.3 is 0 Å². The Hall–Kier alpha value is -1.91. The number of aryl methyl sites for hydroxylation is 1. The first-order valence-corrected chi connectivity index (χ1v) is 8.35. The third-order valence-corrected chi connectivity index (χ3v) is 4.62. The minimum Gasteiger partial charge on any atom is -0.340 e. The molecule has 0 atom stereocenters. The minimum absolute atomic E-state index is 0.257. The standard InChI is InChI=1S/C17H24N4O/c1-2-21(14-7-4-3-5-8-14)16(22)10-12-20-13-19-15-9-6-11-18-17(15)20/h6,9,11,13-14H,2-5,7-8,10,12H2,1H3. The highest BCUT2D eigenvalue weighted by Gasteiger charge is 2.23. The molecule has 0 bridgehead atoms. The van der Waals surface area contributed by atoms with E-state index in [-0.39, 0.29) is 5.91 Å². The molecule has 0 spiro atoms. The Morgan fingerprint density at radius 2 is 2.14 bits per heavy atom. The molecule has 2 aromatic heterocycles. The number of imidazole rings is 1. The van der Waals surface area contributed by atoms with Crippen LogP contribution in [0.5, 0.6) is 0 Å². The molecule has 1 aliphatic carbocycles. The smallest absolute Gasteiger partial charge is 0.224 e. The van der Waals surface area contributed by atoms with Crippen LogP contribution in [0.15, 0.2) is 24.7 Å². The second-order valence-corrected chi connectivity index (χ2v) is 6.01. The van der Waals surface area contributed by atoms with Gasteiger partial charge in [-0.3, -0.25) is 4.79 Å². The summed E-state index contributed by atoms with van der Waals surface area (Å²) in [6, 6.07) is 4.28. The maximum atomic E-state index is 12.6. The summed E-state index contributed by atoms with van der Waals surface area (Å²) in [5.41, 5.74) is 1.74. The number of pyridine rings is 1. The molecule has 0 radical (unpaired) electrons. The molecule has 0 saturated heterocycles. The van der Waals surface area contributed by atoms with Gasteiger partial charge in [0.15, 0.2) is 5.65 Å². The van der Waals surface area contributed by atoms with Crippen molar-refractivity contribution < 1.29 is 4.79 Å². The van der Waals surface area contributed by atoms with Gasteiger partial charge in [0.05, 0.1) is 6.33 Å². The molecule has 5 nitrogen and oxygen atoms in total. The molecule has 1 fully saturated rings. The van der Waals surface area contributed by atoms with Crippen molar-refractivity contribution in [2.45, 2.75) is 58.0 Å². The van der Waals surface area contributed by atoms with E-state index in [1.807, 2.05) is 16.7 Å². The normalized spacial score (nSPS) is 16.0. The third kappa shape index (κ3) is 3.13. The SMILES string of the molecule is CCN(C(=O)CCn1cnc2cccnc21)C1CCCCC1. The summed E-state index contributed by atoms with van der Waals surface area (Å²) in [4.78, 5) is 23.3. The van der Waals surface area contributed by atoms with Gasteiger partial charge in [-0.15, -0.1) is 0 Å². The molecule has 1 saturated carbocycles. The lowest BCUT2D eigenvalue weighted by atomic mass is 9.94. The predicted molar refractivity (Wildman–Crippen MR) is 86.4 cm³/mol. The van der Waals surface area contributed by atoms with E-state index in [9.17, 15) is 4.79 Å². The van der Waals surface area contributed by atoms with Crippen molar-refractivity contribution in [3.63, 3.8) is 0 Å². The van der Waals surface area contributed by atoms with Crippen LogP contribution < -0.4 is 0 Å². The average Bonchev–Trinajstić information content (AvgIpc) is 2.98. The summed E-state index contributed by atoms with van der Waals surface area (Å²) in [6.07, 6.45) is 10.2. The summed E-state index contributed by atoms with van der Waals surface area (Å²) in [6.45, 7) is 3.54. The summed E-state index contributed by atoms with van der Waals surface area (Å²) in [7, 11) is 0. The molecule has 3 rings (SSSR count). The number of aromatic nitrogens is 3. The molecule has 1 amide bonds. The lowest BCUT2D eigenvalue weighted by molar-refractivity contribution is -0.134. The fraction of sp³-hybridized carbons (Fsp3) is 0.588. The zero-order chi connectivity index (χ0) is 15.4. The van der Waals surface area contributed by atoms with Crippen molar-refractivity contribution in [2.24, 2.45) is 0 Å². The molecule has 5 heteroatoms. The summed E-state index contributed by atoms with van der Waals surface area (Å²) in [5.74, 6) is 0.257. The Bertz CT molecular complexity index is 630. The van der Waals surface area contributed by atoms with E-state index in [0.29, 0.717) is 19.0 Å². The van der Waals surface area contributed by atoms with Crippen LogP contribution in [0.2, 0.25) is 0 Å². The summed E-state index contributed by atoms with van der Waals surface area (Å²) >= 11 is 0. The van der Waals surface area contributed by atoms with Crippen molar-refractivity contribution in [3.8, 4) is 0 Å². The number of fused-ring (bicyclic) bond motifs is 1. The molecule has 0 unspecified atom stereocenters. The van der Waals surface area contributed by atoms with Crippen LogP contribution in [0.4, 0.5) is 0 Å². The number of carbonyl (C=O) groups excluding carboxylic acids is 1. The zero-order valence-electron chi connectivity index (χ0n) is 13.2. The number of amides is 1. The Labute approximate surface area is 131 Å². The number of hydrogen-bond donors (Lipinski definition) is 0. The van der Waals surface area contributed by atoms with Crippen molar-refractivity contribution in [3.05, 3.63) is 24.7 Å². The molecule has 2 heterocycles. The third-order valence-electron chi connectivity index (χ3n) is 4.62. The second-order valence-electron chi connectivity index (χ2n) is 6.01. The number of hydrogen-bond acceptors (Lipinski definition) is 3. The van der Waals surface area contributed by atoms with Gasteiger partial charge in [-0.1, -0.05) is 19.3 Å². The average molecular weight is 300 g/mol. The highest BCUT2D eigenvalue weighted by Crippen LogP contribution is 2.23. The van der Waals surface area contributed by atoms with Crippen molar-refractivity contribution in [2.75, 3.05) is 6.54 Å². The summed E-state index contributed by atoms with van der Waals surface area (Å²) in [5, 5.41) is 0. The van der Waals surface area contributed by atoms with Gasteiger partial charge in [0.25, 0.3) is 0 Å². The fourth-order valence-corrected chi connectivity index (χ4v) is 3.45. The van der Waals surface area contributed by atoms with Gasteiger partial charge in [-0.25, -0.2) is 9.97 Å². The molecule has 2 aromatic rings. The van der Waals surface area contributed by atoms with Crippen LogP contribution >= 0.6 is 0 Å². The summed E-state index contributed by atoms with van der Waals surface area (Å²) < 4.78 is 1.97. The zero-order valence-corrected chi connectivity index (χ0v) is 13.2. The van der Waals surface area contributed by atoms with Crippen molar-refractivity contribution >= 4 is 17.1 Å². The second kappa shape index (κ2) is 6.90. The Kier molecular flexibility index (Phi) is 4.71. The van der Waals surface area contributed by atoms with Crippen LogP contribution in [-0.2, 0) is 11.3 Å². The van der Waals surface area contributed by atoms with Crippen molar-refractivity contribution in [1.82, 2.24) is 19.4 Å². The van der Waals surface area contributed by atoms with E-state index < -0.39 is 0 Å².